The summed E-state index contributed by atoms with van der Waals surface area (Å²) in [4.78, 5) is 43.4. The van der Waals surface area contributed by atoms with Crippen molar-refractivity contribution in [3.8, 4) is 10.4 Å². The van der Waals surface area contributed by atoms with E-state index in [1.807, 2.05) is 72.8 Å². The Balaban J connectivity index is 1.67. The smallest absolute Gasteiger partial charge is 0.407 e. The number of hydrogen-bond donors (Lipinski definition) is 3. The van der Waals surface area contributed by atoms with E-state index in [0.717, 1.165) is 38.7 Å². The predicted octanol–water partition coefficient (Wildman–Crippen LogP) is 4.84. The highest BCUT2D eigenvalue weighted by Crippen LogP contribution is 2.34. The molecule has 9 heteroatoms. The molecule has 1 heterocycles. The zero-order valence-corrected chi connectivity index (χ0v) is 23.2. The first-order chi connectivity index (χ1) is 19.4. The molecule has 0 bridgehead atoms. The maximum absolute atomic E-state index is 13.7. The molecule has 3 amide bonds. The molecule has 0 saturated carbocycles. The highest BCUT2D eigenvalue weighted by atomic mass is 32.1. The quantitative estimate of drug-likeness (QED) is 0.244. The van der Waals surface area contributed by atoms with Gasteiger partial charge in [0, 0.05) is 12.0 Å². The molecule has 3 aromatic carbocycles. The molecule has 1 aromatic heterocycles. The third-order valence-corrected chi connectivity index (χ3v) is 7.71. The summed E-state index contributed by atoms with van der Waals surface area (Å²) in [7, 11) is 1.26. The molecule has 0 fully saturated rings. The first-order valence-electron chi connectivity index (χ1n) is 13.0. The van der Waals surface area contributed by atoms with Crippen molar-refractivity contribution < 1.29 is 19.1 Å². The predicted molar refractivity (Wildman–Crippen MR) is 156 cm³/mol. The van der Waals surface area contributed by atoms with Gasteiger partial charge >= 0.3 is 6.09 Å². The molecular formula is C31H32N4O4S. The second-order valence-electron chi connectivity index (χ2n) is 9.25. The molecule has 8 nitrogen and oxygen atoms in total. The molecule has 0 aliphatic carbocycles. The van der Waals surface area contributed by atoms with Crippen molar-refractivity contribution in [1.29, 1.82) is 0 Å². The normalized spacial score (nSPS) is 12.2. The first-order valence-corrected chi connectivity index (χ1v) is 13.8. The van der Waals surface area contributed by atoms with Crippen molar-refractivity contribution in [2.75, 3.05) is 7.11 Å². The number of alkyl carbamates (subject to hydrolysis) is 1. The highest BCUT2D eigenvalue weighted by Gasteiger charge is 2.27. The molecule has 40 heavy (non-hydrogen) atoms. The number of nitrogens with zero attached hydrogens (tertiary/aromatic N) is 1. The molecule has 0 aliphatic rings. The first kappa shape index (κ1) is 28.5. The fraction of sp³-hybridized carbons (Fsp3) is 0.226. The largest absolute Gasteiger partial charge is 0.453 e. The second-order valence-corrected chi connectivity index (χ2v) is 10.3. The highest BCUT2D eigenvalue weighted by molar-refractivity contribution is 7.15. The average Bonchev–Trinajstić information content (AvgIpc) is 3.42. The summed E-state index contributed by atoms with van der Waals surface area (Å²) in [6.45, 7) is 2.05. The summed E-state index contributed by atoms with van der Waals surface area (Å²) in [6, 6.07) is 25.1. The van der Waals surface area contributed by atoms with E-state index in [1.165, 1.54) is 18.4 Å². The molecule has 0 saturated heterocycles. The lowest BCUT2D eigenvalue weighted by Crippen LogP contribution is -2.49. The lowest BCUT2D eigenvalue weighted by Gasteiger charge is -2.22. The van der Waals surface area contributed by atoms with Gasteiger partial charge in [-0.2, -0.15) is 0 Å². The number of ether oxygens (including phenoxy) is 1. The number of amides is 3. The molecular weight excluding hydrogens is 524 g/mol. The number of benzene rings is 3. The lowest BCUT2D eigenvalue weighted by atomic mass is 10.0. The number of hydrogen-bond acceptors (Lipinski definition) is 6. The third kappa shape index (κ3) is 7.33. The number of carbonyl (C=O) groups excluding carboxylic acids is 3. The van der Waals surface area contributed by atoms with Gasteiger partial charge in [0.25, 0.3) is 0 Å². The molecule has 206 valence electrons. The Bertz CT molecular complexity index is 1440. The summed E-state index contributed by atoms with van der Waals surface area (Å²) in [6.07, 6.45) is 0.750. The minimum atomic E-state index is -0.867. The number of rotatable bonds is 11. The van der Waals surface area contributed by atoms with E-state index in [9.17, 15) is 14.4 Å². The molecule has 2 atom stereocenters. The number of aromatic nitrogens is 1. The van der Waals surface area contributed by atoms with Crippen molar-refractivity contribution in [3.63, 3.8) is 0 Å². The summed E-state index contributed by atoms with van der Waals surface area (Å²) in [5, 5.41) is 6.55. The van der Waals surface area contributed by atoms with Crippen LogP contribution in [0.2, 0.25) is 0 Å². The number of aryl methyl sites for hydroxylation is 1. The van der Waals surface area contributed by atoms with E-state index >= 15 is 0 Å². The summed E-state index contributed by atoms with van der Waals surface area (Å²) >= 11 is 1.54. The van der Waals surface area contributed by atoms with Crippen molar-refractivity contribution >= 4 is 29.2 Å². The Morgan fingerprint density at radius 3 is 2.10 bits per heavy atom. The van der Waals surface area contributed by atoms with Gasteiger partial charge in [-0.1, -0.05) is 79.7 Å². The topological polar surface area (TPSA) is 123 Å². The van der Waals surface area contributed by atoms with Crippen LogP contribution in [-0.4, -0.2) is 36.0 Å². The van der Waals surface area contributed by atoms with Crippen molar-refractivity contribution in [1.82, 2.24) is 15.6 Å². The number of carbonyl (C=O) groups is 3. The van der Waals surface area contributed by atoms with Gasteiger partial charge in [-0.05, 0) is 41.7 Å². The van der Waals surface area contributed by atoms with Gasteiger partial charge < -0.3 is 21.1 Å². The average molecular weight is 557 g/mol. The summed E-state index contributed by atoms with van der Waals surface area (Å²) in [5.74, 6) is -0.864. The van der Waals surface area contributed by atoms with Crippen LogP contribution in [0.25, 0.3) is 10.4 Å². The van der Waals surface area contributed by atoms with Gasteiger partial charge in [0.1, 0.15) is 11.0 Å². The second kappa shape index (κ2) is 13.5. The van der Waals surface area contributed by atoms with Gasteiger partial charge in [-0.3, -0.25) is 9.59 Å². The standard InChI is InChI=1S/C31H32N4O4S/c1-3-24-27(22-12-8-5-9-13-22)40-30(34-24)26(19-21-14-16-23(17-15-21)28(32)36)33-29(37)25(35-31(38)39-2)18-20-10-6-4-7-11-20/h4-17,25-26H,3,18-19H2,1-2H3,(H2,32,36)(H,33,37)(H,35,38)/t25-,26-/m0/s1. The van der Waals surface area contributed by atoms with E-state index in [0.29, 0.717) is 12.0 Å². The van der Waals surface area contributed by atoms with E-state index in [4.69, 9.17) is 15.5 Å². The van der Waals surface area contributed by atoms with Crippen LogP contribution in [0.4, 0.5) is 4.79 Å². The molecule has 0 spiro atoms. The van der Waals surface area contributed by atoms with Gasteiger partial charge in [0.15, 0.2) is 0 Å². The van der Waals surface area contributed by atoms with Gasteiger partial charge in [0.2, 0.25) is 11.8 Å². The van der Waals surface area contributed by atoms with Crippen LogP contribution in [0.15, 0.2) is 84.9 Å². The van der Waals surface area contributed by atoms with Crippen LogP contribution < -0.4 is 16.4 Å². The molecule has 0 unspecified atom stereocenters. The van der Waals surface area contributed by atoms with E-state index in [1.54, 1.807) is 12.1 Å². The Hall–Kier alpha value is -4.50. The number of nitrogens with one attached hydrogen (secondary N) is 2. The molecule has 0 aliphatic heterocycles. The van der Waals surface area contributed by atoms with E-state index in [-0.39, 0.29) is 12.3 Å². The Kier molecular flexibility index (Phi) is 9.64. The summed E-state index contributed by atoms with van der Waals surface area (Å²) < 4.78 is 4.79. The van der Waals surface area contributed by atoms with Crippen LogP contribution in [0.5, 0.6) is 0 Å². The lowest BCUT2D eigenvalue weighted by molar-refractivity contribution is -0.123. The minimum Gasteiger partial charge on any atom is -0.453 e. The van der Waals surface area contributed by atoms with Crippen LogP contribution in [0.3, 0.4) is 0 Å². The zero-order valence-electron chi connectivity index (χ0n) is 22.4. The Morgan fingerprint density at radius 2 is 1.50 bits per heavy atom. The van der Waals surface area contributed by atoms with Gasteiger partial charge in [-0.25, -0.2) is 9.78 Å². The molecule has 4 N–H and O–H groups in total. The fourth-order valence-corrected chi connectivity index (χ4v) is 5.56. The number of nitrogens with two attached hydrogens (primary N) is 1. The van der Waals surface area contributed by atoms with Crippen LogP contribution >= 0.6 is 11.3 Å². The number of methoxy groups -OCH3 is 1. The zero-order chi connectivity index (χ0) is 28.5. The third-order valence-electron chi connectivity index (χ3n) is 6.45. The maximum atomic E-state index is 13.7. The van der Waals surface area contributed by atoms with Crippen LogP contribution in [0.1, 0.15) is 45.2 Å². The Morgan fingerprint density at radius 1 is 0.875 bits per heavy atom. The van der Waals surface area contributed by atoms with Crippen molar-refractivity contribution in [2.45, 2.75) is 38.3 Å². The monoisotopic (exact) mass is 556 g/mol. The van der Waals surface area contributed by atoms with Crippen LogP contribution in [0, 0.1) is 0 Å². The van der Waals surface area contributed by atoms with Crippen molar-refractivity contribution in [3.05, 3.63) is 112 Å². The molecule has 4 rings (SSSR count). The SMILES string of the molecule is CCc1nc([C@H](Cc2ccc(C(N)=O)cc2)NC(=O)[C@H](Cc2ccccc2)NC(=O)OC)sc1-c1ccccc1. The van der Waals surface area contributed by atoms with E-state index in [2.05, 4.69) is 17.6 Å². The number of primary amides is 1. The maximum Gasteiger partial charge on any atom is 0.407 e. The van der Waals surface area contributed by atoms with E-state index < -0.39 is 24.1 Å². The fourth-order valence-electron chi connectivity index (χ4n) is 4.35. The minimum absolute atomic E-state index is 0.287. The van der Waals surface area contributed by atoms with Gasteiger partial charge in [-0.15, -0.1) is 11.3 Å². The van der Waals surface area contributed by atoms with Gasteiger partial charge in [0.05, 0.1) is 23.7 Å². The number of thiazole rings is 1. The van der Waals surface area contributed by atoms with Crippen LogP contribution in [-0.2, 0) is 28.8 Å². The Labute approximate surface area is 237 Å². The molecule has 0 radical (unpaired) electrons. The summed E-state index contributed by atoms with van der Waals surface area (Å²) in [5.41, 5.74) is 9.62. The van der Waals surface area contributed by atoms with Crippen molar-refractivity contribution in [2.24, 2.45) is 5.73 Å². The molecule has 4 aromatic rings.